The largest absolute Gasteiger partial charge is 0.329 e. The Bertz CT molecular complexity index is 536. The van der Waals surface area contributed by atoms with Gasteiger partial charge in [-0.3, -0.25) is 4.98 Å². The third-order valence-corrected chi connectivity index (χ3v) is 3.01. The predicted molar refractivity (Wildman–Crippen MR) is 74.1 cm³/mol. The third kappa shape index (κ3) is 2.56. The van der Waals surface area contributed by atoms with E-state index in [1.165, 1.54) is 5.57 Å². The number of imidazole rings is 1. The lowest BCUT2D eigenvalue weighted by molar-refractivity contribution is 0.620. The second kappa shape index (κ2) is 5.45. The first-order valence-electron chi connectivity index (χ1n) is 5.95. The molecule has 0 spiro atoms. The quantitative estimate of drug-likeness (QED) is 0.765. The Hall–Kier alpha value is -2.16. The number of rotatable bonds is 4. The Balaban J connectivity index is 2.22. The summed E-state index contributed by atoms with van der Waals surface area (Å²) in [5.74, 6) is 0. The van der Waals surface area contributed by atoms with E-state index in [4.69, 9.17) is 0 Å². The van der Waals surface area contributed by atoms with Crippen LogP contribution in [-0.4, -0.2) is 14.5 Å². The van der Waals surface area contributed by atoms with E-state index < -0.39 is 0 Å². The van der Waals surface area contributed by atoms with Crippen LogP contribution in [0.15, 0.2) is 55.8 Å². The van der Waals surface area contributed by atoms with Crippen LogP contribution in [0.2, 0.25) is 0 Å². The molecule has 0 N–H and O–H groups in total. The van der Waals surface area contributed by atoms with Crippen molar-refractivity contribution in [2.75, 3.05) is 0 Å². The van der Waals surface area contributed by atoms with E-state index >= 15 is 0 Å². The minimum atomic E-state index is 0.199. The number of hydrogen-bond donors (Lipinski definition) is 0. The molecule has 0 aliphatic carbocycles. The van der Waals surface area contributed by atoms with Crippen LogP contribution in [0.5, 0.6) is 0 Å². The molecule has 0 aliphatic heterocycles. The fraction of sp³-hybridized carbons (Fsp3) is 0.200. The minimum Gasteiger partial charge on any atom is -0.329 e. The van der Waals surface area contributed by atoms with Gasteiger partial charge in [-0.2, -0.15) is 0 Å². The number of allylic oxidation sites excluding steroid dienone is 3. The average Bonchev–Trinajstić information content (AvgIpc) is 2.92. The van der Waals surface area contributed by atoms with E-state index in [0.717, 1.165) is 11.3 Å². The Morgan fingerprint density at radius 1 is 1.44 bits per heavy atom. The van der Waals surface area contributed by atoms with E-state index in [-0.39, 0.29) is 6.04 Å². The molecule has 2 rings (SSSR count). The summed E-state index contributed by atoms with van der Waals surface area (Å²) in [5.41, 5.74) is 3.32. The first kappa shape index (κ1) is 12.3. The van der Waals surface area contributed by atoms with Crippen molar-refractivity contribution in [3.63, 3.8) is 0 Å². The Morgan fingerprint density at radius 3 is 2.83 bits per heavy atom. The van der Waals surface area contributed by atoms with E-state index in [2.05, 4.69) is 42.5 Å². The second-order valence-electron chi connectivity index (χ2n) is 4.24. The molecule has 0 radical (unpaired) electrons. The van der Waals surface area contributed by atoms with Gasteiger partial charge in [-0.1, -0.05) is 24.8 Å². The smallest absolute Gasteiger partial charge is 0.0952 e. The van der Waals surface area contributed by atoms with Crippen molar-refractivity contribution < 1.29 is 0 Å². The highest BCUT2D eigenvalue weighted by atomic mass is 15.1. The van der Waals surface area contributed by atoms with Gasteiger partial charge in [-0.15, -0.1) is 0 Å². The van der Waals surface area contributed by atoms with Gasteiger partial charge in [0.05, 0.1) is 18.1 Å². The summed E-state index contributed by atoms with van der Waals surface area (Å²) in [6.45, 7) is 7.86. The van der Waals surface area contributed by atoms with Crippen molar-refractivity contribution >= 4 is 5.57 Å². The molecule has 0 saturated heterocycles. The SMILES string of the molecule is C=C/C=C(\C)c1ccc(C(C)n2ccnc2)nc1. The summed E-state index contributed by atoms with van der Waals surface area (Å²) in [6.07, 6.45) is 11.2. The lowest BCUT2D eigenvalue weighted by Gasteiger charge is -2.12. The number of nitrogens with zero attached hydrogens (tertiary/aromatic N) is 3. The fourth-order valence-electron chi connectivity index (χ4n) is 1.81. The standard InChI is InChI=1S/C15H17N3/c1-4-5-12(2)14-6-7-15(17-10-14)13(3)18-9-8-16-11-18/h4-11,13H,1H2,2-3H3/b12-5+. The van der Waals surface area contributed by atoms with Crippen LogP contribution in [-0.2, 0) is 0 Å². The maximum Gasteiger partial charge on any atom is 0.0952 e. The molecule has 1 unspecified atom stereocenters. The Kier molecular flexibility index (Phi) is 3.72. The van der Waals surface area contributed by atoms with Gasteiger partial charge in [0.1, 0.15) is 0 Å². The zero-order chi connectivity index (χ0) is 13.0. The van der Waals surface area contributed by atoms with Crippen molar-refractivity contribution in [3.05, 3.63) is 67.0 Å². The highest BCUT2D eigenvalue weighted by Gasteiger charge is 2.08. The predicted octanol–water partition coefficient (Wildman–Crippen LogP) is 3.48. The fourth-order valence-corrected chi connectivity index (χ4v) is 1.81. The summed E-state index contributed by atoms with van der Waals surface area (Å²) >= 11 is 0. The summed E-state index contributed by atoms with van der Waals surface area (Å²) in [4.78, 5) is 8.57. The minimum absolute atomic E-state index is 0.199. The molecule has 3 nitrogen and oxygen atoms in total. The number of pyridine rings is 1. The maximum atomic E-state index is 4.51. The van der Waals surface area contributed by atoms with Crippen LogP contribution in [0.3, 0.4) is 0 Å². The van der Waals surface area contributed by atoms with Crippen molar-refractivity contribution in [2.24, 2.45) is 0 Å². The van der Waals surface area contributed by atoms with Crippen molar-refractivity contribution in [3.8, 4) is 0 Å². The highest BCUT2D eigenvalue weighted by Crippen LogP contribution is 2.18. The third-order valence-electron chi connectivity index (χ3n) is 3.01. The van der Waals surface area contributed by atoms with Gasteiger partial charge >= 0.3 is 0 Å². The van der Waals surface area contributed by atoms with E-state index in [0.29, 0.717) is 0 Å². The van der Waals surface area contributed by atoms with E-state index in [9.17, 15) is 0 Å². The molecular weight excluding hydrogens is 222 g/mol. The van der Waals surface area contributed by atoms with Gasteiger partial charge in [-0.25, -0.2) is 4.98 Å². The van der Waals surface area contributed by atoms with Crippen LogP contribution in [0.4, 0.5) is 0 Å². The monoisotopic (exact) mass is 239 g/mol. The van der Waals surface area contributed by atoms with E-state index in [1.807, 2.05) is 29.4 Å². The highest BCUT2D eigenvalue weighted by molar-refractivity contribution is 5.64. The van der Waals surface area contributed by atoms with Gasteiger partial charge in [0.25, 0.3) is 0 Å². The molecule has 0 amide bonds. The molecule has 2 aromatic rings. The van der Waals surface area contributed by atoms with Crippen molar-refractivity contribution in [1.29, 1.82) is 0 Å². The molecular formula is C15H17N3. The summed E-state index contributed by atoms with van der Waals surface area (Å²) < 4.78 is 2.04. The zero-order valence-electron chi connectivity index (χ0n) is 10.7. The molecule has 1 atom stereocenters. The van der Waals surface area contributed by atoms with E-state index in [1.54, 1.807) is 12.3 Å². The molecule has 0 saturated carbocycles. The van der Waals surface area contributed by atoms with Crippen LogP contribution in [0, 0.1) is 0 Å². The van der Waals surface area contributed by atoms with Gasteiger partial charge in [0.15, 0.2) is 0 Å². The summed E-state index contributed by atoms with van der Waals surface area (Å²) in [6, 6.07) is 4.34. The summed E-state index contributed by atoms with van der Waals surface area (Å²) in [7, 11) is 0. The number of hydrogen-bond acceptors (Lipinski definition) is 2. The first-order chi connectivity index (χ1) is 8.72. The molecule has 92 valence electrons. The van der Waals surface area contributed by atoms with Crippen LogP contribution < -0.4 is 0 Å². The molecule has 2 heterocycles. The van der Waals surface area contributed by atoms with Crippen molar-refractivity contribution in [1.82, 2.24) is 14.5 Å². The number of aromatic nitrogens is 3. The van der Waals surface area contributed by atoms with Crippen LogP contribution in [0.25, 0.3) is 5.57 Å². The van der Waals surface area contributed by atoms with Gasteiger partial charge in [0.2, 0.25) is 0 Å². The first-order valence-corrected chi connectivity index (χ1v) is 5.95. The molecule has 0 aromatic carbocycles. The topological polar surface area (TPSA) is 30.7 Å². The molecule has 18 heavy (non-hydrogen) atoms. The van der Waals surface area contributed by atoms with Gasteiger partial charge in [-0.05, 0) is 31.1 Å². The lowest BCUT2D eigenvalue weighted by Crippen LogP contribution is -2.06. The van der Waals surface area contributed by atoms with Gasteiger partial charge < -0.3 is 4.57 Å². The van der Waals surface area contributed by atoms with Crippen LogP contribution in [0.1, 0.15) is 31.1 Å². The molecule has 0 fully saturated rings. The molecule has 0 bridgehead atoms. The molecule has 3 heteroatoms. The zero-order valence-corrected chi connectivity index (χ0v) is 10.7. The van der Waals surface area contributed by atoms with Crippen molar-refractivity contribution in [2.45, 2.75) is 19.9 Å². The van der Waals surface area contributed by atoms with Gasteiger partial charge in [0, 0.05) is 18.6 Å². The Morgan fingerprint density at radius 2 is 2.28 bits per heavy atom. The second-order valence-corrected chi connectivity index (χ2v) is 4.24. The Labute approximate surface area is 108 Å². The van der Waals surface area contributed by atoms with Crippen LogP contribution >= 0.6 is 0 Å². The average molecular weight is 239 g/mol. The lowest BCUT2D eigenvalue weighted by atomic mass is 10.1. The normalized spacial score (nSPS) is 13.3. The molecule has 0 aliphatic rings. The molecule has 2 aromatic heterocycles. The maximum absolute atomic E-state index is 4.51. The summed E-state index contributed by atoms with van der Waals surface area (Å²) in [5, 5.41) is 0.